The quantitative estimate of drug-likeness (QED) is 0.684. The van der Waals surface area contributed by atoms with Crippen LogP contribution in [0.2, 0.25) is 0 Å². The zero-order chi connectivity index (χ0) is 15.9. The van der Waals surface area contributed by atoms with Crippen molar-refractivity contribution in [2.24, 2.45) is 18.2 Å². The molecule has 0 atom stereocenters. The molecule has 0 saturated carbocycles. The predicted molar refractivity (Wildman–Crippen MR) is 89.0 cm³/mol. The zero-order valence-corrected chi connectivity index (χ0v) is 14.0. The number of carbonyl (C=O) groups is 1. The summed E-state index contributed by atoms with van der Waals surface area (Å²) in [4.78, 5) is 12.9. The number of hydrogen-bond acceptors (Lipinski definition) is 3. The van der Waals surface area contributed by atoms with E-state index in [4.69, 9.17) is 18.0 Å². The van der Waals surface area contributed by atoms with Gasteiger partial charge in [-0.15, -0.1) is 0 Å². The summed E-state index contributed by atoms with van der Waals surface area (Å²) in [5, 5.41) is 7.11. The Morgan fingerprint density at radius 1 is 1.43 bits per heavy atom. The summed E-state index contributed by atoms with van der Waals surface area (Å²) in [6, 6.07) is 1.95. The number of carbonyl (C=O) groups excluding carboxylic acids is 1. The largest absolute Gasteiger partial charge is 0.392 e. The van der Waals surface area contributed by atoms with E-state index in [1.165, 1.54) is 0 Å². The Morgan fingerprint density at radius 2 is 2.05 bits per heavy atom. The Balaban J connectivity index is 2.68. The number of amides is 1. The first kappa shape index (κ1) is 17.6. The Bertz CT molecular complexity index is 478. The normalized spacial score (nSPS) is 11.4. The number of aromatic nitrogens is 2. The van der Waals surface area contributed by atoms with Gasteiger partial charge in [-0.2, -0.15) is 5.10 Å². The number of thiocarbonyl (C=S) groups is 1. The van der Waals surface area contributed by atoms with Crippen LogP contribution in [-0.2, 0) is 18.3 Å². The number of rotatable bonds is 9. The molecule has 1 rings (SSSR count). The van der Waals surface area contributed by atoms with Gasteiger partial charge in [0, 0.05) is 31.9 Å². The highest BCUT2D eigenvalue weighted by Crippen LogP contribution is 2.30. The molecule has 6 heteroatoms. The smallest absolute Gasteiger partial charge is 0.233 e. The second kappa shape index (κ2) is 8.12. The van der Waals surface area contributed by atoms with Crippen LogP contribution < -0.4 is 11.1 Å². The van der Waals surface area contributed by atoms with Gasteiger partial charge >= 0.3 is 0 Å². The van der Waals surface area contributed by atoms with Gasteiger partial charge in [0.05, 0.1) is 10.4 Å². The molecule has 0 radical (unpaired) electrons. The van der Waals surface area contributed by atoms with Crippen molar-refractivity contribution >= 4 is 23.1 Å². The van der Waals surface area contributed by atoms with Gasteiger partial charge < -0.3 is 11.1 Å². The minimum absolute atomic E-state index is 0.0409. The van der Waals surface area contributed by atoms with Crippen LogP contribution >= 0.6 is 12.2 Å². The second-order valence-corrected chi connectivity index (χ2v) is 5.84. The standard InChI is InChI=1S/C15H26N4OS/c1-4-8-15(9-5-2,13(16)21)14(20)17-10-6-12-7-11-18-19(12)3/h7,11H,4-6,8-10H2,1-3H3,(H2,16,21)(H,17,20). The minimum atomic E-state index is -0.703. The number of hydrogen-bond donors (Lipinski definition) is 2. The summed E-state index contributed by atoms with van der Waals surface area (Å²) >= 11 is 5.19. The molecule has 21 heavy (non-hydrogen) atoms. The molecule has 3 N–H and O–H groups in total. The molecule has 5 nitrogen and oxygen atoms in total. The van der Waals surface area contributed by atoms with Crippen molar-refractivity contribution < 1.29 is 4.79 Å². The van der Waals surface area contributed by atoms with Crippen LogP contribution in [0.15, 0.2) is 12.3 Å². The molecule has 0 aromatic carbocycles. The first-order chi connectivity index (χ1) is 9.97. The van der Waals surface area contributed by atoms with Gasteiger partial charge in [0.15, 0.2) is 0 Å². The topological polar surface area (TPSA) is 72.9 Å². The van der Waals surface area contributed by atoms with Crippen LogP contribution in [0.4, 0.5) is 0 Å². The lowest BCUT2D eigenvalue weighted by Crippen LogP contribution is -2.49. The van der Waals surface area contributed by atoms with E-state index < -0.39 is 5.41 Å². The monoisotopic (exact) mass is 310 g/mol. The molecule has 0 unspecified atom stereocenters. The lowest BCUT2D eigenvalue weighted by Gasteiger charge is -2.31. The highest BCUT2D eigenvalue weighted by Gasteiger charge is 2.39. The van der Waals surface area contributed by atoms with Gasteiger partial charge in [0.25, 0.3) is 0 Å². The summed E-state index contributed by atoms with van der Waals surface area (Å²) in [6.45, 7) is 4.66. The fourth-order valence-electron chi connectivity index (χ4n) is 2.68. The van der Waals surface area contributed by atoms with Crippen molar-refractivity contribution in [3.63, 3.8) is 0 Å². The van der Waals surface area contributed by atoms with Crippen molar-refractivity contribution in [2.75, 3.05) is 6.54 Å². The SMILES string of the molecule is CCCC(CCC)(C(=O)NCCc1ccnn1C)C(N)=S. The minimum Gasteiger partial charge on any atom is -0.392 e. The molecule has 0 saturated heterocycles. The van der Waals surface area contributed by atoms with Crippen molar-refractivity contribution in [3.8, 4) is 0 Å². The van der Waals surface area contributed by atoms with Crippen molar-refractivity contribution in [2.45, 2.75) is 46.0 Å². The van der Waals surface area contributed by atoms with E-state index in [1.807, 2.05) is 31.6 Å². The molecule has 0 aliphatic heterocycles. The van der Waals surface area contributed by atoms with Crippen molar-refractivity contribution in [3.05, 3.63) is 18.0 Å². The van der Waals surface area contributed by atoms with Crippen LogP contribution in [0.5, 0.6) is 0 Å². The van der Waals surface area contributed by atoms with Gasteiger partial charge in [0.1, 0.15) is 0 Å². The second-order valence-electron chi connectivity index (χ2n) is 5.40. The van der Waals surface area contributed by atoms with Crippen LogP contribution in [0.25, 0.3) is 0 Å². The van der Waals surface area contributed by atoms with E-state index in [1.54, 1.807) is 6.20 Å². The summed E-state index contributed by atoms with van der Waals surface area (Å²) in [5.41, 5.74) is 6.27. The molecule has 1 aromatic rings. The summed E-state index contributed by atoms with van der Waals surface area (Å²) in [7, 11) is 1.89. The number of nitrogens with one attached hydrogen (secondary N) is 1. The lowest BCUT2D eigenvalue weighted by molar-refractivity contribution is -0.128. The maximum atomic E-state index is 12.6. The van der Waals surface area contributed by atoms with Crippen LogP contribution in [0.3, 0.4) is 0 Å². The Hall–Kier alpha value is -1.43. The molecule has 0 spiro atoms. The highest BCUT2D eigenvalue weighted by molar-refractivity contribution is 7.80. The third kappa shape index (κ3) is 4.27. The third-order valence-electron chi connectivity index (χ3n) is 3.85. The van der Waals surface area contributed by atoms with Gasteiger partial charge in [-0.25, -0.2) is 0 Å². The number of nitrogens with two attached hydrogens (primary N) is 1. The van der Waals surface area contributed by atoms with Crippen LogP contribution in [-0.4, -0.2) is 27.2 Å². The predicted octanol–water partition coefficient (Wildman–Crippen LogP) is 1.95. The Labute approximate surface area is 132 Å². The van der Waals surface area contributed by atoms with E-state index in [0.29, 0.717) is 24.4 Å². The molecule has 0 fully saturated rings. The fraction of sp³-hybridized carbons (Fsp3) is 0.667. The van der Waals surface area contributed by atoms with E-state index in [2.05, 4.69) is 10.4 Å². The first-order valence-corrected chi connectivity index (χ1v) is 7.93. The van der Waals surface area contributed by atoms with Gasteiger partial charge in [-0.3, -0.25) is 9.48 Å². The molecule has 0 aliphatic rings. The van der Waals surface area contributed by atoms with Gasteiger partial charge in [-0.1, -0.05) is 38.9 Å². The Kier molecular flexibility index (Phi) is 6.81. The number of nitrogens with zero attached hydrogens (tertiary/aromatic N) is 2. The first-order valence-electron chi connectivity index (χ1n) is 7.53. The van der Waals surface area contributed by atoms with Gasteiger partial charge in [-0.05, 0) is 18.9 Å². The summed E-state index contributed by atoms with van der Waals surface area (Å²) in [6.07, 6.45) is 5.67. The van der Waals surface area contributed by atoms with Crippen molar-refractivity contribution in [1.82, 2.24) is 15.1 Å². The molecule has 0 bridgehead atoms. The average Bonchev–Trinajstić information content (AvgIpc) is 2.83. The van der Waals surface area contributed by atoms with Crippen LogP contribution in [0.1, 0.15) is 45.2 Å². The maximum absolute atomic E-state index is 12.6. The molecular formula is C15H26N4OS. The third-order valence-corrected chi connectivity index (χ3v) is 4.24. The van der Waals surface area contributed by atoms with E-state index in [9.17, 15) is 4.79 Å². The maximum Gasteiger partial charge on any atom is 0.233 e. The lowest BCUT2D eigenvalue weighted by atomic mass is 9.78. The van der Waals surface area contributed by atoms with E-state index >= 15 is 0 Å². The molecular weight excluding hydrogens is 284 g/mol. The summed E-state index contributed by atoms with van der Waals surface area (Å²) in [5.74, 6) is -0.0409. The molecule has 1 aromatic heterocycles. The Morgan fingerprint density at radius 3 is 2.48 bits per heavy atom. The molecule has 0 aliphatic carbocycles. The molecule has 118 valence electrons. The zero-order valence-electron chi connectivity index (χ0n) is 13.2. The van der Waals surface area contributed by atoms with Crippen molar-refractivity contribution in [1.29, 1.82) is 0 Å². The summed E-state index contributed by atoms with van der Waals surface area (Å²) < 4.78 is 1.81. The fourth-order valence-corrected chi connectivity index (χ4v) is 2.98. The molecule has 1 amide bonds. The molecule has 1 heterocycles. The van der Waals surface area contributed by atoms with Crippen LogP contribution in [0, 0.1) is 5.41 Å². The number of aryl methyl sites for hydroxylation is 1. The van der Waals surface area contributed by atoms with E-state index in [-0.39, 0.29) is 5.91 Å². The highest BCUT2D eigenvalue weighted by atomic mass is 32.1. The average molecular weight is 310 g/mol. The van der Waals surface area contributed by atoms with E-state index in [0.717, 1.165) is 25.0 Å². The van der Waals surface area contributed by atoms with Gasteiger partial charge in [0.2, 0.25) is 5.91 Å².